The number of aryl methyl sites for hydroxylation is 1. The van der Waals surface area contributed by atoms with Gasteiger partial charge < -0.3 is 10.1 Å². The number of amides is 1. The van der Waals surface area contributed by atoms with Crippen LogP contribution in [0.3, 0.4) is 0 Å². The molecule has 4 saturated carbocycles. The first-order valence-electron chi connectivity index (χ1n) is 11.9. The number of rotatable bonds is 7. The van der Waals surface area contributed by atoms with Crippen LogP contribution in [0.4, 0.5) is 4.39 Å². The van der Waals surface area contributed by atoms with Crippen molar-refractivity contribution >= 4 is 29.6 Å². The summed E-state index contributed by atoms with van der Waals surface area (Å²) in [5, 5.41) is 7.66. The smallest absolute Gasteiger partial charge is 0.331 e. The summed E-state index contributed by atoms with van der Waals surface area (Å²) in [7, 11) is 0. The molecule has 0 radical (unpaired) electrons. The number of hydrogen-bond donors (Lipinski definition) is 1. The average molecular weight is 486 g/mol. The minimum absolute atomic E-state index is 0.243. The van der Waals surface area contributed by atoms with E-state index in [9.17, 15) is 14.0 Å². The SMILES string of the molecule is Cc1nn(-c2ccc(F)cc2)c(Cl)c1/C=C/C(=O)OCC(=O)NCC12CC3CC(CC(C3)C1)C2. The molecule has 34 heavy (non-hydrogen) atoms. The van der Waals surface area contributed by atoms with Crippen LogP contribution in [0.15, 0.2) is 30.3 Å². The Morgan fingerprint density at radius 3 is 2.41 bits per heavy atom. The van der Waals surface area contributed by atoms with Crippen molar-refractivity contribution in [2.75, 3.05) is 13.2 Å². The van der Waals surface area contributed by atoms with E-state index < -0.39 is 5.97 Å². The third kappa shape index (κ3) is 4.76. The van der Waals surface area contributed by atoms with Gasteiger partial charge in [0.05, 0.1) is 11.4 Å². The average Bonchev–Trinajstić information content (AvgIpc) is 3.08. The van der Waals surface area contributed by atoms with E-state index in [-0.39, 0.29) is 23.7 Å². The van der Waals surface area contributed by atoms with Crippen LogP contribution in [0.1, 0.15) is 49.8 Å². The molecule has 0 atom stereocenters. The van der Waals surface area contributed by atoms with Crippen LogP contribution in [-0.2, 0) is 14.3 Å². The molecule has 0 aliphatic heterocycles. The summed E-state index contributed by atoms with van der Waals surface area (Å²) in [6.07, 6.45) is 10.5. The molecule has 0 saturated heterocycles. The number of carbonyl (C=O) groups excluding carboxylic acids is 2. The highest BCUT2D eigenvalue weighted by Crippen LogP contribution is 2.59. The quantitative estimate of drug-likeness (QED) is 0.449. The molecule has 1 aromatic heterocycles. The van der Waals surface area contributed by atoms with Gasteiger partial charge in [-0.2, -0.15) is 5.10 Å². The van der Waals surface area contributed by atoms with Crippen molar-refractivity contribution in [2.24, 2.45) is 23.2 Å². The number of hydrogen-bond acceptors (Lipinski definition) is 4. The molecule has 1 N–H and O–H groups in total. The standard InChI is InChI=1S/C26H29ClFN3O3/c1-16-22(25(27)31(30-16)21-4-2-20(28)3-5-21)6-7-24(33)34-14-23(32)29-15-26-11-17-8-18(12-26)10-19(9-17)13-26/h2-7,17-19H,8-15H2,1H3,(H,29,32)/b7-6+. The summed E-state index contributed by atoms with van der Waals surface area (Å²) in [6, 6.07) is 5.78. The highest BCUT2D eigenvalue weighted by atomic mass is 35.5. The highest BCUT2D eigenvalue weighted by molar-refractivity contribution is 6.31. The van der Waals surface area contributed by atoms with E-state index in [1.165, 1.54) is 67.5 Å². The predicted octanol–water partition coefficient (Wildman–Crippen LogP) is 4.86. The predicted molar refractivity (Wildman–Crippen MR) is 127 cm³/mol. The van der Waals surface area contributed by atoms with E-state index in [2.05, 4.69) is 10.4 Å². The fourth-order valence-electron chi connectivity index (χ4n) is 6.63. The molecule has 0 spiro atoms. The van der Waals surface area contributed by atoms with Gasteiger partial charge in [0.1, 0.15) is 11.0 Å². The molecule has 1 heterocycles. The van der Waals surface area contributed by atoms with Crippen molar-refractivity contribution in [1.29, 1.82) is 0 Å². The minimum atomic E-state index is -0.630. The summed E-state index contributed by atoms with van der Waals surface area (Å²) in [5.41, 5.74) is 2.00. The van der Waals surface area contributed by atoms with E-state index in [0.717, 1.165) is 17.8 Å². The number of carbonyl (C=O) groups is 2. The first kappa shape index (κ1) is 23.1. The van der Waals surface area contributed by atoms with Gasteiger partial charge in [-0.25, -0.2) is 13.9 Å². The molecule has 0 unspecified atom stereocenters. The zero-order valence-corrected chi connectivity index (χ0v) is 20.0. The van der Waals surface area contributed by atoms with E-state index in [4.69, 9.17) is 16.3 Å². The fourth-order valence-corrected chi connectivity index (χ4v) is 6.97. The molecular formula is C26H29ClFN3O3. The van der Waals surface area contributed by atoms with Crippen molar-refractivity contribution < 1.29 is 18.7 Å². The summed E-state index contributed by atoms with van der Waals surface area (Å²) in [5.74, 6) is 1.23. The van der Waals surface area contributed by atoms with Gasteiger partial charge in [0.2, 0.25) is 0 Å². The first-order valence-corrected chi connectivity index (χ1v) is 12.3. The lowest BCUT2D eigenvalue weighted by Crippen LogP contribution is -2.51. The van der Waals surface area contributed by atoms with Crippen molar-refractivity contribution in [3.05, 3.63) is 52.6 Å². The van der Waals surface area contributed by atoms with Crippen LogP contribution in [0, 0.1) is 35.9 Å². The van der Waals surface area contributed by atoms with Gasteiger partial charge in [0.25, 0.3) is 5.91 Å². The second-order valence-electron chi connectivity index (χ2n) is 10.3. The van der Waals surface area contributed by atoms with Gasteiger partial charge in [-0.05, 0) is 99.0 Å². The van der Waals surface area contributed by atoms with Gasteiger partial charge >= 0.3 is 5.97 Å². The molecule has 180 valence electrons. The number of ether oxygens (including phenoxy) is 1. The zero-order valence-electron chi connectivity index (χ0n) is 19.2. The summed E-state index contributed by atoms with van der Waals surface area (Å²) in [4.78, 5) is 24.5. The maximum Gasteiger partial charge on any atom is 0.331 e. The lowest BCUT2D eigenvalue weighted by atomic mass is 9.49. The van der Waals surface area contributed by atoms with Gasteiger partial charge in [-0.15, -0.1) is 0 Å². The fraction of sp³-hybridized carbons (Fsp3) is 0.500. The normalized spacial score (nSPS) is 27.3. The Labute approximate surface area is 203 Å². The molecule has 4 aliphatic carbocycles. The van der Waals surface area contributed by atoms with E-state index in [1.807, 2.05) is 0 Å². The molecular weight excluding hydrogens is 457 g/mol. The van der Waals surface area contributed by atoms with Crippen LogP contribution in [0.5, 0.6) is 0 Å². The topological polar surface area (TPSA) is 73.2 Å². The van der Waals surface area contributed by atoms with Crippen LogP contribution >= 0.6 is 11.6 Å². The number of aromatic nitrogens is 2. The Morgan fingerprint density at radius 1 is 1.18 bits per heavy atom. The van der Waals surface area contributed by atoms with Crippen LogP contribution in [0.2, 0.25) is 5.15 Å². The largest absolute Gasteiger partial charge is 0.452 e. The summed E-state index contributed by atoms with van der Waals surface area (Å²) in [6.45, 7) is 2.13. The molecule has 4 aliphatic rings. The zero-order chi connectivity index (χ0) is 23.9. The molecule has 2 aromatic rings. The first-order chi connectivity index (χ1) is 16.3. The Morgan fingerprint density at radius 2 is 1.79 bits per heavy atom. The number of nitrogens with zero attached hydrogens (tertiary/aromatic N) is 2. The van der Waals surface area contributed by atoms with Crippen LogP contribution < -0.4 is 5.32 Å². The van der Waals surface area contributed by atoms with Crippen molar-refractivity contribution in [3.63, 3.8) is 0 Å². The van der Waals surface area contributed by atoms with Gasteiger partial charge in [-0.1, -0.05) is 11.6 Å². The van der Waals surface area contributed by atoms with Crippen molar-refractivity contribution in [3.8, 4) is 5.69 Å². The number of nitrogens with one attached hydrogen (secondary N) is 1. The van der Waals surface area contributed by atoms with E-state index in [1.54, 1.807) is 19.1 Å². The lowest BCUT2D eigenvalue weighted by molar-refractivity contribution is -0.144. The third-order valence-corrected chi connectivity index (χ3v) is 8.04. The van der Waals surface area contributed by atoms with Crippen molar-refractivity contribution in [2.45, 2.75) is 45.4 Å². The van der Waals surface area contributed by atoms with Gasteiger partial charge in [0.15, 0.2) is 6.61 Å². The van der Waals surface area contributed by atoms with Crippen LogP contribution in [0.25, 0.3) is 11.8 Å². The van der Waals surface area contributed by atoms with Gasteiger partial charge in [-0.3, -0.25) is 4.79 Å². The molecule has 6 nitrogen and oxygen atoms in total. The minimum Gasteiger partial charge on any atom is -0.452 e. The highest BCUT2D eigenvalue weighted by Gasteiger charge is 2.50. The maximum atomic E-state index is 13.2. The van der Waals surface area contributed by atoms with Gasteiger partial charge in [0, 0.05) is 18.2 Å². The molecule has 6 rings (SSSR count). The Hall–Kier alpha value is -2.67. The Balaban J connectivity index is 1.13. The summed E-state index contributed by atoms with van der Waals surface area (Å²) < 4.78 is 19.8. The van der Waals surface area contributed by atoms with E-state index in [0.29, 0.717) is 28.6 Å². The molecule has 1 aromatic carbocycles. The van der Waals surface area contributed by atoms with Crippen molar-refractivity contribution in [1.82, 2.24) is 15.1 Å². The monoisotopic (exact) mass is 485 g/mol. The maximum absolute atomic E-state index is 13.2. The van der Waals surface area contributed by atoms with Crippen LogP contribution in [-0.4, -0.2) is 34.8 Å². The van der Waals surface area contributed by atoms with E-state index >= 15 is 0 Å². The number of benzene rings is 1. The molecule has 4 bridgehead atoms. The molecule has 4 fully saturated rings. The number of esters is 1. The third-order valence-electron chi connectivity index (χ3n) is 7.68. The Bertz CT molecular complexity index is 1090. The number of halogens is 2. The lowest BCUT2D eigenvalue weighted by Gasteiger charge is -2.56. The second-order valence-corrected chi connectivity index (χ2v) is 10.7. The second kappa shape index (κ2) is 9.17. The molecule has 8 heteroatoms. The Kier molecular flexibility index (Phi) is 6.23. The summed E-state index contributed by atoms with van der Waals surface area (Å²) >= 11 is 6.42. The molecule has 1 amide bonds.